The number of hydrogen-bond donors (Lipinski definition) is 2. The van der Waals surface area contributed by atoms with Crippen molar-refractivity contribution in [1.82, 2.24) is 10.2 Å². The van der Waals surface area contributed by atoms with Crippen molar-refractivity contribution in [3.63, 3.8) is 0 Å². The molecule has 0 aromatic carbocycles. The van der Waals surface area contributed by atoms with Crippen molar-refractivity contribution >= 4 is 6.03 Å². The van der Waals surface area contributed by atoms with Gasteiger partial charge < -0.3 is 16.0 Å². The highest BCUT2D eigenvalue weighted by Gasteiger charge is 2.39. The Hall–Kier alpha value is -0.770. The highest BCUT2D eigenvalue weighted by molar-refractivity contribution is 5.75. The molecule has 1 saturated heterocycles. The zero-order chi connectivity index (χ0) is 12.3. The fourth-order valence-electron chi connectivity index (χ4n) is 3.17. The van der Waals surface area contributed by atoms with E-state index in [0.717, 1.165) is 32.4 Å². The molecular weight excluding hydrogens is 214 g/mol. The van der Waals surface area contributed by atoms with E-state index in [0.29, 0.717) is 12.5 Å². The van der Waals surface area contributed by atoms with Gasteiger partial charge in [0.15, 0.2) is 0 Å². The van der Waals surface area contributed by atoms with Crippen molar-refractivity contribution in [2.75, 3.05) is 19.6 Å². The molecule has 2 atom stereocenters. The fraction of sp³-hybridized carbons (Fsp3) is 0.923. The molecule has 1 heterocycles. The van der Waals surface area contributed by atoms with Gasteiger partial charge in [0.05, 0.1) is 5.54 Å². The van der Waals surface area contributed by atoms with Gasteiger partial charge in [-0.3, -0.25) is 0 Å². The van der Waals surface area contributed by atoms with Gasteiger partial charge in [0.2, 0.25) is 0 Å². The monoisotopic (exact) mass is 239 g/mol. The third kappa shape index (κ3) is 2.57. The van der Waals surface area contributed by atoms with Crippen LogP contribution >= 0.6 is 0 Å². The summed E-state index contributed by atoms with van der Waals surface area (Å²) in [5.41, 5.74) is 5.79. The largest absolute Gasteiger partial charge is 0.331 e. The Kier molecular flexibility index (Phi) is 3.92. The van der Waals surface area contributed by atoms with Gasteiger partial charge in [0, 0.05) is 19.6 Å². The van der Waals surface area contributed by atoms with E-state index in [9.17, 15) is 4.79 Å². The second-order valence-corrected chi connectivity index (χ2v) is 5.63. The Balaban J connectivity index is 1.99. The molecule has 3 N–H and O–H groups in total. The maximum absolute atomic E-state index is 12.2. The Bertz CT molecular complexity index is 276. The summed E-state index contributed by atoms with van der Waals surface area (Å²) in [4.78, 5) is 14.1. The molecule has 2 aliphatic rings. The van der Waals surface area contributed by atoms with E-state index in [-0.39, 0.29) is 11.6 Å². The van der Waals surface area contributed by atoms with Crippen LogP contribution in [0.1, 0.15) is 45.4 Å². The number of nitrogens with one attached hydrogen (secondary N) is 1. The van der Waals surface area contributed by atoms with Crippen LogP contribution in [0.5, 0.6) is 0 Å². The van der Waals surface area contributed by atoms with Gasteiger partial charge in [-0.25, -0.2) is 4.79 Å². The number of carbonyl (C=O) groups excluding carboxylic acids is 1. The van der Waals surface area contributed by atoms with E-state index in [1.54, 1.807) is 0 Å². The SMILES string of the molecule is CC1CCCCC1(CN)NC(=O)N1CCCC1. The van der Waals surface area contributed by atoms with Crippen LogP contribution < -0.4 is 11.1 Å². The number of amides is 2. The molecule has 0 bridgehead atoms. The van der Waals surface area contributed by atoms with E-state index >= 15 is 0 Å². The molecule has 1 aliphatic heterocycles. The van der Waals surface area contributed by atoms with Crippen LogP contribution in [0.25, 0.3) is 0 Å². The average molecular weight is 239 g/mol. The van der Waals surface area contributed by atoms with Gasteiger partial charge in [-0.1, -0.05) is 19.8 Å². The molecule has 4 heteroatoms. The fourth-order valence-corrected chi connectivity index (χ4v) is 3.17. The van der Waals surface area contributed by atoms with E-state index < -0.39 is 0 Å². The third-order valence-electron chi connectivity index (χ3n) is 4.57. The van der Waals surface area contributed by atoms with Crippen LogP contribution in [0.2, 0.25) is 0 Å². The van der Waals surface area contributed by atoms with Gasteiger partial charge in [-0.15, -0.1) is 0 Å². The van der Waals surface area contributed by atoms with Gasteiger partial charge in [-0.05, 0) is 31.6 Å². The van der Waals surface area contributed by atoms with Crippen LogP contribution in [0.3, 0.4) is 0 Å². The number of nitrogens with two attached hydrogens (primary N) is 1. The van der Waals surface area contributed by atoms with Crippen molar-refractivity contribution in [3.8, 4) is 0 Å². The molecule has 1 saturated carbocycles. The molecule has 2 unspecified atom stereocenters. The van der Waals surface area contributed by atoms with Gasteiger partial charge in [0.1, 0.15) is 0 Å². The first-order valence-electron chi connectivity index (χ1n) is 6.95. The normalized spacial score (nSPS) is 33.8. The summed E-state index contributed by atoms with van der Waals surface area (Å²) in [5, 5.41) is 3.24. The van der Waals surface area contributed by atoms with Gasteiger partial charge >= 0.3 is 6.03 Å². The number of hydrogen-bond acceptors (Lipinski definition) is 2. The van der Waals surface area contributed by atoms with Crippen molar-refractivity contribution in [2.24, 2.45) is 11.7 Å². The van der Waals surface area contributed by atoms with Gasteiger partial charge in [0.25, 0.3) is 0 Å². The summed E-state index contributed by atoms with van der Waals surface area (Å²) in [7, 11) is 0. The lowest BCUT2D eigenvalue weighted by Gasteiger charge is -2.43. The first-order chi connectivity index (χ1) is 8.18. The standard InChI is InChI=1S/C13H25N3O/c1-11-6-2-3-7-13(11,10-14)15-12(17)16-8-4-5-9-16/h11H,2-10,14H2,1H3,(H,15,17). The van der Waals surface area contributed by atoms with Crippen LogP contribution in [0.15, 0.2) is 0 Å². The highest BCUT2D eigenvalue weighted by Crippen LogP contribution is 2.33. The number of rotatable bonds is 2. The first kappa shape index (κ1) is 12.7. The molecule has 2 amide bonds. The zero-order valence-electron chi connectivity index (χ0n) is 10.9. The van der Waals surface area contributed by atoms with Gasteiger partial charge in [-0.2, -0.15) is 0 Å². The number of carbonyl (C=O) groups is 1. The Morgan fingerprint density at radius 1 is 1.35 bits per heavy atom. The average Bonchev–Trinajstić information content (AvgIpc) is 2.86. The molecule has 4 nitrogen and oxygen atoms in total. The molecule has 0 spiro atoms. The minimum absolute atomic E-state index is 0.0988. The molecule has 2 rings (SSSR count). The van der Waals surface area contributed by atoms with Crippen LogP contribution in [0, 0.1) is 5.92 Å². The summed E-state index contributed by atoms with van der Waals surface area (Å²) < 4.78 is 0. The number of likely N-dealkylation sites (tertiary alicyclic amines) is 1. The van der Waals surface area contributed by atoms with Crippen LogP contribution in [0.4, 0.5) is 4.79 Å². The summed E-state index contributed by atoms with van der Waals surface area (Å²) >= 11 is 0. The van der Waals surface area contributed by atoms with E-state index in [4.69, 9.17) is 5.73 Å². The lowest BCUT2D eigenvalue weighted by atomic mass is 9.73. The zero-order valence-corrected chi connectivity index (χ0v) is 10.9. The van der Waals surface area contributed by atoms with Crippen molar-refractivity contribution in [1.29, 1.82) is 0 Å². The molecule has 2 fully saturated rings. The third-order valence-corrected chi connectivity index (χ3v) is 4.57. The van der Waals surface area contributed by atoms with E-state index in [2.05, 4.69) is 12.2 Å². The topological polar surface area (TPSA) is 58.4 Å². The number of nitrogens with zero attached hydrogens (tertiary/aromatic N) is 1. The molecular formula is C13H25N3O. The van der Waals surface area contributed by atoms with Crippen molar-refractivity contribution in [3.05, 3.63) is 0 Å². The molecule has 1 aliphatic carbocycles. The minimum atomic E-state index is -0.155. The maximum Gasteiger partial charge on any atom is 0.317 e. The summed E-state index contributed by atoms with van der Waals surface area (Å²) in [6.07, 6.45) is 6.93. The van der Waals surface area contributed by atoms with Crippen molar-refractivity contribution in [2.45, 2.75) is 51.0 Å². The molecule has 0 radical (unpaired) electrons. The first-order valence-corrected chi connectivity index (χ1v) is 6.95. The lowest BCUT2D eigenvalue weighted by Crippen LogP contribution is -2.61. The second kappa shape index (κ2) is 5.25. The minimum Gasteiger partial charge on any atom is -0.331 e. The molecule has 17 heavy (non-hydrogen) atoms. The summed E-state index contributed by atoms with van der Waals surface area (Å²) in [6.45, 7) is 4.59. The summed E-state index contributed by atoms with van der Waals surface area (Å²) in [6, 6.07) is 0.0988. The van der Waals surface area contributed by atoms with Crippen LogP contribution in [-0.4, -0.2) is 36.1 Å². The Labute approximate surface area is 104 Å². The second-order valence-electron chi connectivity index (χ2n) is 5.63. The highest BCUT2D eigenvalue weighted by atomic mass is 16.2. The molecule has 98 valence electrons. The Morgan fingerprint density at radius 2 is 2.06 bits per heavy atom. The van der Waals surface area contributed by atoms with E-state index in [1.807, 2.05) is 4.90 Å². The smallest absolute Gasteiger partial charge is 0.317 e. The molecule has 0 aromatic heterocycles. The quantitative estimate of drug-likeness (QED) is 0.770. The maximum atomic E-state index is 12.2. The van der Waals surface area contributed by atoms with Crippen molar-refractivity contribution < 1.29 is 4.79 Å². The summed E-state index contributed by atoms with van der Waals surface area (Å²) in [5.74, 6) is 0.493. The van der Waals surface area contributed by atoms with Crippen LogP contribution in [-0.2, 0) is 0 Å². The Morgan fingerprint density at radius 3 is 2.65 bits per heavy atom. The molecule has 0 aromatic rings. The number of urea groups is 1. The lowest BCUT2D eigenvalue weighted by molar-refractivity contribution is 0.145. The predicted octanol–water partition coefficient (Wildman–Crippen LogP) is 1.70. The van der Waals surface area contributed by atoms with E-state index in [1.165, 1.54) is 19.3 Å². The predicted molar refractivity (Wildman–Crippen MR) is 68.8 cm³/mol.